The van der Waals surface area contributed by atoms with E-state index < -0.39 is 70.8 Å². The smallest absolute Gasteiger partial charge is 0.305 e. The molecule has 1 fully saturated rings. The van der Waals surface area contributed by atoms with Crippen molar-refractivity contribution in [2.45, 2.75) is 62.1 Å². The van der Waals surface area contributed by atoms with Gasteiger partial charge in [0.1, 0.15) is 18.8 Å². The fourth-order valence-electron chi connectivity index (χ4n) is 2.55. The molecule has 1 aliphatic heterocycles. The predicted octanol–water partition coefficient (Wildman–Crippen LogP) is 0.556. The van der Waals surface area contributed by atoms with Crippen LogP contribution in [0.3, 0.4) is 0 Å². The van der Waals surface area contributed by atoms with Crippen LogP contribution in [0.4, 0.5) is 0 Å². The second-order valence-corrected chi connectivity index (χ2v) is 8.38. The van der Waals surface area contributed by atoms with Crippen LogP contribution in [0.2, 0.25) is 0 Å². The first-order chi connectivity index (χ1) is 13.7. The summed E-state index contributed by atoms with van der Waals surface area (Å²) in [4.78, 5) is 58.2. The molecule has 1 heterocycles. The quantitative estimate of drug-likeness (QED) is 0.317. The minimum absolute atomic E-state index is 0.450. The molecule has 0 saturated carbocycles. The van der Waals surface area contributed by atoms with Crippen LogP contribution in [0.1, 0.15) is 27.7 Å². The van der Waals surface area contributed by atoms with Crippen molar-refractivity contribution in [2.75, 3.05) is 6.61 Å². The SMILES string of the molecule is CC(=O)OC[C@H]1O[C@@H](OC(C)=O)[C@@H](NC(=O)C(Cl)(Cl)Cl)[C@@H](OC(C)=O)[C@@H]1OC(C)=O. The zero-order valence-corrected chi connectivity index (χ0v) is 18.6. The molecule has 0 aromatic rings. The van der Waals surface area contributed by atoms with Gasteiger partial charge in [-0.1, -0.05) is 34.8 Å². The molecule has 0 unspecified atom stereocenters. The number of hydrogen-bond donors (Lipinski definition) is 1. The van der Waals surface area contributed by atoms with Gasteiger partial charge < -0.3 is 29.0 Å². The second kappa shape index (κ2) is 11.0. The second-order valence-electron chi connectivity index (χ2n) is 6.10. The highest BCUT2D eigenvalue weighted by molar-refractivity contribution is 6.76. The Hall–Kier alpha value is -1.82. The lowest BCUT2D eigenvalue weighted by molar-refractivity contribution is -0.271. The monoisotopic (exact) mass is 491 g/mol. The molecule has 1 N–H and O–H groups in total. The molecule has 14 heteroatoms. The molecule has 5 atom stereocenters. The molecular formula is C16H20Cl3NO10. The number of rotatable bonds is 6. The van der Waals surface area contributed by atoms with E-state index in [4.69, 9.17) is 58.5 Å². The Labute approximate surface area is 186 Å². The Morgan fingerprint density at radius 1 is 0.833 bits per heavy atom. The van der Waals surface area contributed by atoms with Crippen molar-refractivity contribution in [3.05, 3.63) is 0 Å². The van der Waals surface area contributed by atoms with Gasteiger partial charge in [0, 0.05) is 27.7 Å². The van der Waals surface area contributed by atoms with E-state index >= 15 is 0 Å². The summed E-state index contributed by atoms with van der Waals surface area (Å²) in [5, 5.41) is 2.25. The molecule has 1 rings (SSSR count). The summed E-state index contributed by atoms with van der Waals surface area (Å²) in [5.41, 5.74) is 0. The molecular weight excluding hydrogens is 473 g/mol. The van der Waals surface area contributed by atoms with Crippen LogP contribution in [-0.4, -0.2) is 70.8 Å². The standard InChI is InChI=1S/C16H20Cl3NO10/c1-6(21)26-5-10-12(27-7(2)22)13(28-8(3)23)11(14(30-10)29-9(4)24)20-15(25)16(17,18)19/h10-14H,5H2,1-4H3,(H,20,25)/t10-,11+,12-,13-,14-/m1/s1. The van der Waals surface area contributed by atoms with Crippen LogP contribution in [0.25, 0.3) is 0 Å². The maximum Gasteiger partial charge on any atom is 0.305 e. The average Bonchev–Trinajstić information content (AvgIpc) is 2.56. The van der Waals surface area contributed by atoms with E-state index in [9.17, 15) is 24.0 Å². The summed E-state index contributed by atoms with van der Waals surface area (Å²) in [5.74, 6) is -4.30. The van der Waals surface area contributed by atoms with Crippen molar-refractivity contribution in [1.82, 2.24) is 5.32 Å². The first kappa shape index (κ1) is 26.2. The normalized spacial score (nSPS) is 26.2. The van der Waals surface area contributed by atoms with E-state index in [1.165, 1.54) is 0 Å². The van der Waals surface area contributed by atoms with E-state index in [0.29, 0.717) is 0 Å². The summed E-state index contributed by atoms with van der Waals surface area (Å²) in [6.07, 6.45) is -5.64. The van der Waals surface area contributed by atoms with Gasteiger partial charge in [-0.3, -0.25) is 24.0 Å². The van der Waals surface area contributed by atoms with Gasteiger partial charge >= 0.3 is 23.9 Å². The molecule has 0 spiro atoms. The molecule has 11 nitrogen and oxygen atoms in total. The summed E-state index contributed by atoms with van der Waals surface area (Å²) >= 11 is 16.7. The fourth-order valence-corrected chi connectivity index (χ4v) is 2.72. The molecule has 1 saturated heterocycles. The van der Waals surface area contributed by atoms with Gasteiger partial charge in [0.15, 0.2) is 12.2 Å². The minimum atomic E-state index is -2.42. The van der Waals surface area contributed by atoms with E-state index in [2.05, 4.69) is 5.32 Å². The maximum atomic E-state index is 12.2. The number of carbonyl (C=O) groups is 5. The number of amides is 1. The molecule has 30 heavy (non-hydrogen) atoms. The average molecular weight is 493 g/mol. The van der Waals surface area contributed by atoms with Crippen molar-refractivity contribution in [1.29, 1.82) is 0 Å². The minimum Gasteiger partial charge on any atom is -0.463 e. The molecule has 0 aromatic heterocycles. The number of nitrogens with one attached hydrogen (secondary N) is 1. The molecule has 0 aromatic carbocycles. The highest BCUT2D eigenvalue weighted by Crippen LogP contribution is 2.31. The highest BCUT2D eigenvalue weighted by atomic mass is 35.6. The van der Waals surface area contributed by atoms with Crippen LogP contribution < -0.4 is 5.32 Å². The third-order valence-electron chi connectivity index (χ3n) is 3.54. The zero-order chi connectivity index (χ0) is 23.2. The Bertz CT molecular complexity index is 695. The first-order valence-corrected chi connectivity index (χ1v) is 9.54. The van der Waals surface area contributed by atoms with Crippen molar-refractivity contribution in [3.8, 4) is 0 Å². The van der Waals surface area contributed by atoms with Gasteiger partial charge in [0.05, 0.1) is 0 Å². The van der Waals surface area contributed by atoms with Crippen LogP contribution in [-0.2, 0) is 47.7 Å². The summed E-state index contributed by atoms with van der Waals surface area (Å²) < 4.78 is 23.5. The largest absolute Gasteiger partial charge is 0.463 e. The van der Waals surface area contributed by atoms with Crippen molar-refractivity contribution in [3.63, 3.8) is 0 Å². The van der Waals surface area contributed by atoms with E-state index in [0.717, 1.165) is 27.7 Å². The zero-order valence-electron chi connectivity index (χ0n) is 16.3. The maximum absolute atomic E-state index is 12.2. The van der Waals surface area contributed by atoms with Gasteiger partial charge in [0.2, 0.25) is 6.29 Å². The Morgan fingerprint density at radius 2 is 1.33 bits per heavy atom. The Kier molecular flexibility index (Phi) is 9.60. The summed E-state index contributed by atoms with van der Waals surface area (Å²) in [6, 6.07) is -1.45. The fraction of sp³-hybridized carbons (Fsp3) is 0.688. The van der Waals surface area contributed by atoms with Crippen LogP contribution in [0, 0.1) is 0 Å². The lowest BCUT2D eigenvalue weighted by atomic mass is 9.96. The Balaban J connectivity index is 3.39. The number of esters is 4. The van der Waals surface area contributed by atoms with Gasteiger partial charge in [-0.05, 0) is 0 Å². The van der Waals surface area contributed by atoms with E-state index in [1.807, 2.05) is 0 Å². The molecule has 170 valence electrons. The van der Waals surface area contributed by atoms with Gasteiger partial charge in [-0.15, -0.1) is 0 Å². The van der Waals surface area contributed by atoms with Crippen molar-refractivity contribution in [2.24, 2.45) is 0 Å². The summed E-state index contributed by atoms with van der Waals surface area (Å²) in [6.45, 7) is 3.85. The number of alkyl halides is 3. The van der Waals surface area contributed by atoms with Gasteiger partial charge in [-0.25, -0.2) is 0 Å². The van der Waals surface area contributed by atoms with Gasteiger partial charge in [-0.2, -0.15) is 0 Å². The summed E-state index contributed by atoms with van der Waals surface area (Å²) in [7, 11) is 0. The van der Waals surface area contributed by atoms with E-state index in [-0.39, 0.29) is 0 Å². The molecule has 1 amide bonds. The van der Waals surface area contributed by atoms with Gasteiger partial charge in [0.25, 0.3) is 9.70 Å². The number of halogens is 3. The molecule has 0 aliphatic carbocycles. The van der Waals surface area contributed by atoms with Crippen LogP contribution in [0.5, 0.6) is 0 Å². The topological polar surface area (TPSA) is 144 Å². The lowest BCUT2D eigenvalue weighted by Crippen LogP contribution is -2.67. The number of carbonyl (C=O) groups excluding carboxylic acids is 5. The predicted molar refractivity (Wildman–Crippen MR) is 100 cm³/mol. The molecule has 0 radical (unpaired) electrons. The van der Waals surface area contributed by atoms with E-state index in [1.54, 1.807) is 0 Å². The van der Waals surface area contributed by atoms with Crippen molar-refractivity contribution < 1.29 is 47.7 Å². The highest BCUT2D eigenvalue weighted by Gasteiger charge is 2.53. The first-order valence-electron chi connectivity index (χ1n) is 8.40. The van der Waals surface area contributed by atoms with Crippen molar-refractivity contribution >= 4 is 64.6 Å². The molecule has 1 aliphatic rings. The van der Waals surface area contributed by atoms with Crippen LogP contribution >= 0.6 is 34.8 Å². The number of ether oxygens (including phenoxy) is 5. The van der Waals surface area contributed by atoms with Crippen LogP contribution in [0.15, 0.2) is 0 Å². The third-order valence-corrected chi connectivity index (χ3v) is 4.05. The lowest BCUT2D eigenvalue weighted by Gasteiger charge is -2.44. The third kappa shape index (κ3) is 8.13. The molecule has 0 bridgehead atoms. The Morgan fingerprint density at radius 3 is 1.77 bits per heavy atom. The number of hydrogen-bond acceptors (Lipinski definition) is 10.